The van der Waals surface area contributed by atoms with E-state index in [4.69, 9.17) is 19.7 Å². The first-order valence-corrected chi connectivity index (χ1v) is 9.97. The lowest BCUT2D eigenvalue weighted by Crippen LogP contribution is -2.13. The normalized spacial score (nSPS) is 18.0. The van der Waals surface area contributed by atoms with Crippen LogP contribution in [0.1, 0.15) is 51.0 Å². The fraction of sp³-hybridized carbons (Fsp3) is 0.476. The minimum absolute atomic E-state index is 0.496. The molecule has 0 saturated heterocycles. The molecule has 0 atom stereocenters. The Morgan fingerprint density at radius 1 is 1.00 bits per heavy atom. The summed E-state index contributed by atoms with van der Waals surface area (Å²) in [4.78, 5) is 14.5. The van der Waals surface area contributed by atoms with Crippen LogP contribution in [-0.4, -0.2) is 32.7 Å². The number of aromatic nitrogens is 4. The van der Waals surface area contributed by atoms with Crippen LogP contribution >= 0.6 is 0 Å². The summed E-state index contributed by atoms with van der Waals surface area (Å²) < 4.78 is 7.56. The lowest BCUT2D eigenvalue weighted by atomic mass is 9.95. The van der Waals surface area contributed by atoms with Crippen LogP contribution < -0.4 is 10.1 Å². The number of benzene rings is 1. The van der Waals surface area contributed by atoms with E-state index in [1.807, 2.05) is 30.6 Å². The molecule has 3 aromatic rings. The first-order valence-electron chi connectivity index (χ1n) is 9.97. The summed E-state index contributed by atoms with van der Waals surface area (Å²) in [6.45, 7) is 0. The highest BCUT2D eigenvalue weighted by Gasteiger charge is 2.25. The predicted molar refractivity (Wildman–Crippen MR) is 106 cm³/mol. The Labute approximate surface area is 159 Å². The molecule has 0 bridgehead atoms. The van der Waals surface area contributed by atoms with Crippen molar-refractivity contribution in [2.75, 3.05) is 12.4 Å². The van der Waals surface area contributed by atoms with Gasteiger partial charge in [0.15, 0.2) is 17.3 Å². The molecule has 27 heavy (non-hydrogen) atoms. The Bertz CT molecular complexity index is 939. The standard InChI is InChI=1S/C21H25N5O/c1-27-17-11-7-14(8-12-17)19-24-20(23-15-9-10-15)18-21(25-19)26(13-22-18)16-5-3-2-4-6-16/h7-8,11-13,15-16H,2-6,9-10H2,1H3,(H,23,24,25). The topological polar surface area (TPSA) is 64.9 Å². The molecule has 5 rings (SSSR count). The van der Waals surface area contributed by atoms with Crippen molar-refractivity contribution >= 4 is 17.0 Å². The predicted octanol–water partition coefficient (Wildman–Crippen LogP) is 4.58. The monoisotopic (exact) mass is 363 g/mol. The highest BCUT2D eigenvalue weighted by atomic mass is 16.5. The maximum Gasteiger partial charge on any atom is 0.166 e. The third-order valence-corrected chi connectivity index (χ3v) is 5.66. The van der Waals surface area contributed by atoms with Crippen molar-refractivity contribution in [3.63, 3.8) is 0 Å². The lowest BCUT2D eigenvalue weighted by molar-refractivity contribution is 0.358. The van der Waals surface area contributed by atoms with Crippen LogP contribution in [0.2, 0.25) is 0 Å². The third kappa shape index (κ3) is 3.24. The molecule has 2 heterocycles. The van der Waals surface area contributed by atoms with E-state index in [-0.39, 0.29) is 0 Å². The van der Waals surface area contributed by atoms with Crippen LogP contribution in [0.5, 0.6) is 5.75 Å². The van der Waals surface area contributed by atoms with E-state index in [1.54, 1.807) is 7.11 Å². The summed E-state index contributed by atoms with van der Waals surface area (Å²) in [6.07, 6.45) is 10.7. The Hall–Kier alpha value is -2.63. The molecule has 2 aliphatic rings. The molecule has 2 aliphatic carbocycles. The van der Waals surface area contributed by atoms with E-state index in [2.05, 4.69) is 9.88 Å². The van der Waals surface area contributed by atoms with Gasteiger partial charge in [0.25, 0.3) is 0 Å². The van der Waals surface area contributed by atoms with E-state index < -0.39 is 0 Å². The van der Waals surface area contributed by atoms with E-state index >= 15 is 0 Å². The van der Waals surface area contributed by atoms with Crippen molar-refractivity contribution in [3.8, 4) is 17.1 Å². The molecular weight excluding hydrogens is 338 g/mol. The number of nitrogens with one attached hydrogen (secondary N) is 1. The number of rotatable bonds is 5. The number of hydrogen-bond acceptors (Lipinski definition) is 5. The van der Waals surface area contributed by atoms with Crippen molar-refractivity contribution in [1.82, 2.24) is 19.5 Å². The van der Waals surface area contributed by atoms with Gasteiger partial charge in [-0.25, -0.2) is 15.0 Å². The second-order valence-corrected chi connectivity index (χ2v) is 7.66. The van der Waals surface area contributed by atoms with Gasteiger partial charge < -0.3 is 14.6 Å². The van der Waals surface area contributed by atoms with E-state index in [1.165, 1.54) is 44.9 Å². The molecule has 2 fully saturated rings. The fourth-order valence-electron chi connectivity index (χ4n) is 3.93. The summed E-state index contributed by atoms with van der Waals surface area (Å²) in [5.74, 6) is 2.44. The molecule has 0 radical (unpaired) electrons. The van der Waals surface area contributed by atoms with Gasteiger partial charge in [-0.05, 0) is 49.9 Å². The Balaban J connectivity index is 1.61. The first kappa shape index (κ1) is 16.5. The molecule has 0 spiro atoms. The van der Waals surface area contributed by atoms with Gasteiger partial charge in [-0.3, -0.25) is 0 Å². The highest BCUT2D eigenvalue weighted by Crippen LogP contribution is 2.34. The molecular formula is C21H25N5O. The molecule has 0 amide bonds. The van der Waals surface area contributed by atoms with E-state index in [9.17, 15) is 0 Å². The molecule has 140 valence electrons. The number of imidazole rings is 1. The zero-order chi connectivity index (χ0) is 18.2. The summed E-state index contributed by atoms with van der Waals surface area (Å²) in [6, 6.07) is 8.96. The molecule has 1 aromatic carbocycles. The summed E-state index contributed by atoms with van der Waals surface area (Å²) >= 11 is 0. The van der Waals surface area contributed by atoms with Gasteiger partial charge in [0.2, 0.25) is 0 Å². The molecule has 0 aliphatic heterocycles. The summed E-state index contributed by atoms with van der Waals surface area (Å²) in [5.41, 5.74) is 2.84. The number of anilines is 1. The number of methoxy groups -OCH3 is 1. The molecule has 2 aromatic heterocycles. The molecule has 6 nitrogen and oxygen atoms in total. The van der Waals surface area contributed by atoms with Crippen molar-refractivity contribution in [1.29, 1.82) is 0 Å². The lowest BCUT2D eigenvalue weighted by Gasteiger charge is -2.23. The smallest absolute Gasteiger partial charge is 0.166 e. The fourth-order valence-corrected chi connectivity index (χ4v) is 3.93. The second kappa shape index (κ2) is 6.83. The average molecular weight is 363 g/mol. The first-order chi connectivity index (χ1) is 13.3. The molecule has 2 saturated carbocycles. The van der Waals surface area contributed by atoms with Gasteiger partial charge in [-0.2, -0.15) is 0 Å². The molecule has 1 N–H and O–H groups in total. The zero-order valence-electron chi connectivity index (χ0n) is 15.7. The van der Waals surface area contributed by atoms with Crippen LogP contribution in [0.25, 0.3) is 22.6 Å². The Morgan fingerprint density at radius 2 is 1.78 bits per heavy atom. The maximum absolute atomic E-state index is 5.28. The van der Waals surface area contributed by atoms with Gasteiger partial charge >= 0.3 is 0 Å². The van der Waals surface area contributed by atoms with Crippen molar-refractivity contribution in [3.05, 3.63) is 30.6 Å². The van der Waals surface area contributed by atoms with Crippen LogP contribution in [0, 0.1) is 0 Å². The number of nitrogens with zero attached hydrogens (tertiary/aromatic N) is 4. The van der Waals surface area contributed by atoms with E-state index in [0.717, 1.165) is 34.1 Å². The van der Waals surface area contributed by atoms with Crippen LogP contribution in [0.4, 0.5) is 5.82 Å². The summed E-state index contributed by atoms with van der Waals surface area (Å²) in [5, 5.41) is 3.56. The second-order valence-electron chi connectivity index (χ2n) is 7.66. The molecule has 6 heteroatoms. The SMILES string of the molecule is COc1ccc(-c2nc(NC3CC3)c3ncn(C4CCCCC4)c3n2)cc1. The minimum Gasteiger partial charge on any atom is -0.497 e. The van der Waals surface area contributed by atoms with Crippen LogP contribution in [-0.2, 0) is 0 Å². The Morgan fingerprint density at radius 3 is 2.48 bits per heavy atom. The number of ether oxygens (including phenoxy) is 1. The van der Waals surface area contributed by atoms with Crippen LogP contribution in [0.15, 0.2) is 30.6 Å². The third-order valence-electron chi connectivity index (χ3n) is 5.66. The van der Waals surface area contributed by atoms with Gasteiger partial charge in [-0.15, -0.1) is 0 Å². The summed E-state index contributed by atoms with van der Waals surface area (Å²) in [7, 11) is 1.68. The van der Waals surface area contributed by atoms with Gasteiger partial charge in [0.05, 0.1) is 13.4 Å². The van der Waals surface area contributed by atoms with Crippen molar-refractivity contribution in [2.24, 2.45) is 0 Å². The number of hydrogen-bond donors (Lipinski definition) is 1. The Kier molecular flexibility index (Phi) is 4.19. The average Bonchev–Trinajstić information content (AvgIpc) is 3.44. The van der Waals surface area contributed by atoms with Crippen LogP contribution in [0.3, 0.4) is 0 Å². The maximum atomic E-state index is 5.28. The minimum atomic E-state index is 0.496. The molecule has 0 unspecified atom stereocenters. The zero-order valence-corrected chi connectivity index (χ0v) is 15.7. The van der Waals surface area contributed by atoms with Crippen molar-refractivity contribution in [2.45, 2.75) is 57.0 Å². The van der Waals surface area contributed by atoms with E-state index in [0.29, 0.717) is 12.1 Å². The quantitative estimate of drug-likeness (QED) is 0.719. The van der Waals surface area contributed by atoms with Gasteiger partial charge in [0, 0.05) is 17.6 Å². The largest absolute Gasteiger partial charge is 0.497 e. The highest BCUT2D eigenvalue weighted by molar-refractivity contribution is 5.85. The van der Waals surface area contributed by atoms with Crippen molar-refractivity contribution < 1.29 is 4.74 Å². The van der Waals surface area contributed by atoms with Gasteiger partial charge in [0.1, 0.15) is 11.3 Å². The van der Waals surface area contributed by atoms with Gasteiger partial charge in [-0.1, -0.05) is 19.3 Å². The number of fused-ring (bicyclic) bond motifs is 1.